The van der Waals surface area contributed by atoms with Crippen molar-refractivity contribution in [2.75, 3.05) is 11.9 Å². The third kappa shape index (κ3) is 4.68. The van der Waals surface area contributed by atoms with Crippen molar-refractivity contribution >= 4 is 33.2 Å². The Morgan fingerprint density at radius 1 is 1.12 bits per heavy atom. The first-order valence-electron chi connectivity index (χ1n) is 10.2. The van der Waals surface area contributed by atoms with E-state index < -0.39 is 16.1 Å². The standard InChI is InChI=1S/C23H23ClN4O3S/c24-18-3-1-4-20(15-18)32(30,31)28-14-2-5-21(28)22(25)16-6-8-17(9-7-16)23(29)27-19-10-12-26-13-11-19/h1,3-4,6-13,15,21-22H,2,5,14,25H2,(H,26,27,29). The van der Waals surface area contributed by atoms with Gasteiger partial charge >= 0.3 is 0 Å². The van der Waals surface area contributed by atoms with Gasteiger partial charge in [-0.05, 0) is 60.9 Å². The number of halogens is 1. The van der Waals surface area contributed by atoms with E-state index in [2.05, 4.69) is 10.3 Å². The number of benzene rings is 2. The van der Waals surface area contributed by atoms with Gasteiger partial charge < -0.3 is 11.1 Å². The fraction of sp³-hybridized carbons (Fsp3) is 0.217. The molecule has 0 aliphatic carbocycles. The second kappa shape index (κ2) is 9.38. The third-order valence-electron chi connectivity index (χ3n) is 5.56. The molecule has 2 aromatic carbocycles. The molecule has 1 aliphatic heterocycles. The first-order chi connectivity index (χ1) is 15.4. The second-order valence-corrected chi connectivity index (χ2v) is 9.95. The van der Waals surface area contributed by atoms with Crippen LogP contribution in [0.2, 0.25) is 5.02 Å². The summed E-state index contributed by atoms with van der Waals surface area (Å²) >= 11 is 6.00. The van der Waals surface area contributed by atoms with Gasteiger partial charge in [0.15, 0.2) is 0 Å². The van der Waals surface area contributed by atoms with E-state index in [1.54, 1.807) is 67.0 Å². The Morgan fingerprint density at radius 2 is 1.84 bits per heavy atom. The minimum atomic E-state index is -3.72. The molecule has 0 saturated carbocycles. The molecule has 166 valence electrons. The van der Waals surface area contributed by atoms with Crippen molar-refractivity contribution < 1.29 is 13.2 Å². The molecule has 0 bridgehead atoms. The number of carbonyl (C=O) groups is 1. The molecule has 3 N–H and O–H groups in total. The molecule has 1 fully saturated rings. The zero-order chi connectivity index (χ0) is 22.7. The van der Waals surface area contributed by atoms with Crippen molar-refractivity contribution in [2.24, 2.45) is 5.73 Å². The van der Waals surface area contributed by atoms with Crippen LogP contribution in [0.25, 0.3) is 0 Å². The Hall–Kier alpha value is -2.78. The van der Waals surface area contributed by atoms with E-state index in [-0.39, 0.29) is 16.8 Å². The first kappa shape index (κ1) is 22.4. The summed E-state index contributed by atoms with van der Waals surface area (Å²) < 4.78 is 27.9. The van der Waals surface area contributed by atoms with Crippen molar-refractivity contribution in [2.45, 2.75) is 29.8 Å². The summed E-state index contributed by atoms with van der Waals surface area (Å²) in [4.78, 5) is 16.5. The van der Waals surface area contributed by atoms with Gasteiger partial charge in [-0.3, -0.25) is 9.78 Å². The van der Waals surface area contributed by atoms with Crippen LogP contribution in [0, 0.1) is 0 Å². The number of aromatic nitrogens is 1. The van der Waals surface area contributed by atoms with E-state index in [1.165, 1.54) is 10.4 Å². The second-order valence-electron chi connectivity index (χ2n) is 7.62. The number of nitrogens with one attached hydrogen (secondary N) is 1. The molecule has 1 saturated heterocycles. The van der Waals surface area contributed by atoms with Gasteiger partial charge in [0.1, 0.15) is 0 Å². The van der Waals surface area contributed by atoms with Gasteiger partial charge in [-0.1, -0.05) is 29.8 Å². The number of sulfonamides is 1. The Labute approximate surface area is 192 Å². The Morgan fingerprint density at radius 3 is 2.53 bits per heavy atom. The van der Waals surface area contributed by atoms with Crippen LogP contribution in [0.4, 0.5) is 5.69 Å². The molecule has 2 unspecified atom stereocenters. The van der Waals surface area contributed by atoms with E-state index in [1.807, 2.05) is 0 Å². The van der Waals surface area contributed by atoms with Crippen LogP contribution in [0.5, 0.6) is 0 Å². The molecular weight excluding hydrogens is 448 g/mol. The number of nitrogens with two attached hydrogens (primary N) is 1. The highest BCUT2D eigenvalue weighted by molar-refractivity contribution is 7.89. The van der Waals surface area contributed by atoms with Gasteiger partial charge in [-0.25, -0.2) is 8.42 Å². The summed E-state index contributed by atoms with van der Waals surface area (Å²) in [5.41, 5.74) is 8.40. The lowest BCUT2D eigenvalue weighted by Crippen LogP contribution is -2.42. The number of amides is 1. The smallest absolute Gasteiger partial charge is 0.255 e. The topological polar surface area (TPSA) is 105 Å². The van der Waals surface area contributed by atoms with Crippen LogP contribution in [0.15, 0.2) is 78.0 Å². The van der Waals surface area contributed by atoms with Crippen LogP contribution in [-0.4, -0.2) is 36.2 Å². The molecule has 32 heavy (non-hydrogen) atoms. The van der Waals surface area contributed by atoms with Gasteiger partial charge in [0.25, 0.3) is 5.91 Å². The lowest BCUT2D eigenvalue weighted by molar-refractivity contribution is 0.102. The Kier molecular flexibility index (Phi) is 6.57. The van der Waals surface area contributed by atoms with Gasteiger partial charge in [-0.15, -0.1) is 0 Å². The monoisotopic (exact) mass is 470 g/mol. The molecule has 0 radical (unpaired) electrons. The molecule has 4 rings (SSSR count). The fourth-order valence-corrected chi connectivity index (χ4v) is 5.92. The maximum Gasteiger partial charge on any atom is 0.255 e. The lowest BCUT2D eigenvalue weighted by Gasteiger charge is -2.29. The minimum Gasteiger partial charge on any atom is -0.323 e. The third-order valence-corrected chi connectivity index (χ3v) is 7.72. The molecule has 9 heteroatoms. The molecule has 1 aliphatic rings. The van der Waals surface area contributed by atoms with Crippen molar-refractivity contribution in [3.63, 3.8) is 0 Å². The first-order valence-corrected chi connectivity index (χ1v) is 12.0. The number of nitrogens with zero attached hydrogens (tertiary/aromatic N) is 2. The fourth-order valence-electron chi connectivity index (χ4n) is 3.90. The zero-order valence-electron chi connectivity index (χ0n) is 17.2. The normalized spacial score (nSPS) is 17.8. The molecule has 2 heterocycles. The van der Waals surface area contributed by atoms with Crippen LogP contribution in [-0.2, 0) is 10.0 Å². The number of hydrogen-bond donors (Lipinski definition) is 2. The molecule has 7 nitrogen and oxygen atoms in total. The lowest BCUT2D eigenvalue weighted by atomic mass is 9.98. The van der Waals surface area contributed by atoms with Gasteiger partial charge in [0.2, 0.25) is 10.0 Å². The highest BCUT2D eigenvalue weighted by atomic mass is 35.5. The van der Waals surface area contributed by atoms with Crippen LogP contribution in [0.3, 0.4) is 0 Å². The summed E-state index contributed by atoms with van der Waals surface area (Å²) in [6, 6.07) is 15.7. The summed E-state index contributed by atoms with van der Waals surface area (Å²) in [5, 5.41) is 3.17. The molecular formula is C23H23ClN4O3S. The summed E-state index contributed by atoms with van der Waals surface area (Å²) in [5.74, 6) is -0.248. The molecule has 0 spiro atoms. The van der Waals surface area contributed by atoms with Crippen molar-refractivity contribution in [1.29, 1.82) is 0 Å². The zero-order valence-corrected chi connectivity index (χ0v) is 18.8. The van der Waals surface area contributed by atoms with Gasteiger partial charge in [0, 0.05) is 47.3 Å². The van der Waals surface area contributed by atoms with Crippen LogP contribution in [0.1, 0.15) is 34.8 Å². The predicted molar refractivity (Wildman–Crippen MR) is 124 cm³/mol. The maximum absolute atomic E-state index is 13.2. The van der Waals surface area contributed by atoms with E-state index in [0.717, 1.165) is 12.0 Å². The maximum atomic E-state index is 13.2. The summed E-state index contributed by atoms with van der Waals surface area (Å²) in [6.07, 6.45) is 4.58. The van der Waals surface area contributed by atoms with Gasteiger partial charge in [-0.2, -0.15) is 4.31 Å². The summed E-state index contributed by atoms with van der Waals surface area (Å²) in [7, 11) is -3.72. The highest BCUT2D eigenvalue weighted by Gasteiger charge is 2.39. The van der Waals surface area contributed by atoms with E-state index in [0.29, 0.717) is 29.2 Å². The van der Waals surface area contributed by atoms with Crippen molar-refractivity contribution in [3.05, 3.63) is 89.2 Å². The number of rotatable bonds is 6. The van der Waals surface area contributed by atoms with Crippen LogP contribution >= 0.6 is 11.6 Å². The number of hydrogen-bond acceptors (Lipinski definition) is 5. The predicted octanol–water partition coefficient (Wildman–Crippen LogP) is 3.84. The van der Waals surface area contributed by atoms with E-state index >= 15 is 0 Å². The van der Waals surface area contributed by atoms with Crippen LogP contribution < -0.4 is 11.1 Å². The number of carbonyl (C=O) groups excluding carboxylic acids is 1. The Balaban J connectivity index is 1.51. The average Bonchev–Trinajstić information content (AvgIpc) is 3.30. The van der Waals surface area contributed by atoms with Gasteiger partial charge in [0.05, 0.1) is 4.90 Å². The largest absolute Gasteiger partial charge is 0.323 e. The SMILES string of the molecule is NC(c1ccc(C(=O)Nc2ccncc2)cc1)C1CCCN1S(=O)(=O)c1cccc(Cl)c1. The number of anilines is 1. The van der Waals surface area contributed by atoms with E-state index in [4.69, 9.17) is 17.3 Å². The molecule has 3 aromatic rings. The Bertz CT molecular complexity index is 1200. The average molecular weight is 471 g/mol. The highest BCUT2D eigenvalue weighted by Crippen LogP contribution is 2.33. The van der Waals surface area contributed by atoms with E-state index in [9.17, 15) is 13.2 Å². The molecule has 2 atom stereocenters. The molecule has 1 amide bonds. The van der Waals surface area contributed by atoms with Crippen molar-refractivity contribution in [1.82, 2.24) is 9.29 Å². The number of pyridine rings is 1. The summed E-state index contributed by atoms with van der Waals surface area (Å²) in [6.45, 7) is 0.402. The van der Waals surface area contributed by atoms with Crippen molar-refractivity contribution in [3.8, 4) is 0 Å². The minimum absolute atomic E-state index is 0.159. The molecule has 1 aromatic heterocycles. The quantitative estimate of drug-likeness (QED) is 0.569.